The van der Waals surface area contributed by atoms with E-state index in [9.17, 15) is 21.6 Å². The molecule has 0 bridgehead atoms. The number of sulfonamides is 1. The van der Waals surface area contributed by atoms with Crippen LogP contribution in [0.5, 0.6) is 0 Å². The van der Waals surface area contributed by atoms with Crippen molar-refractivity contribution in [1.82, 2.24) is 0 Å². The van der Waals surface area contributed by atoms with Crippen LogP contribution in [-0.4, -0.2) is 26.2 Å². The predicted octanol–water partition coefficient (Wildman–Crippen LogP) is 4.09. The Bertz CT molecular complexity index is 734. The van der Waals surface area contributed by atoms with Gasteiger partial charge in [0.15, 0.2) is 6.61 Å². The monoisotopic (exact) mass is 390 g/mol. The summed E-state index contributed by atoms with van der Waals surface area (Å²) < 4.78 is 61.3. The molecule has 128 valence electrons. The first kappa shape index (κ1) is 19.6. The van der Waals surface area contributed by atoms with Crippen LogP contribution < -0.4 is 4.72 Å². The zero-order valence-electron chi connectivity index (χ0n) is 11.6. The van der Waals surface area contributed by atoms with Crippen LogP contribution in [0, 0.1) is 0 Å². The van der Waals surface area contributed by atoms with E-state index < -0.39 is 15.5 Å². The van der Waals surface area contributed by atoms with Gasteiger partial charge >= 0.3 is 15.5 Å². The summed E-state index contributed by atoms with van der Waals surface area (Å²) in [4.78, 5) is 4.82. The van der Waals surface area contributed by atoms with Crippen molar-refractivity contribution in [3.8, 4) is 0 Å². The Balaban J connectivity index is 3.19. The Morgan fingerprint density at radius 2 is 2.04 bits per heavy atom. The average molecular weight is 391 g/mol. The third-order valence-corrected chi connectivity index (χ3v) is 3.79. The quantitative estimate of drug-likeness (QED) is 0.587. The summed E-state index contributed by atoms with van der Waals surface area (Å²) in [5, 5.41) is 3.96. The van der Waals surface area contributed by atoms with Gasteiger partial charge in [-0.15, -0.1) is 0 Å². The van der Waals surface area contributed by atoms with E-state index in [1.54, 1.807) is 0 Å². The number of hydrogen-bond acceptors (Lipinski definition) is 4. The van der Waals surface area contributed by atoms with Gasteiger partial charge in [-0.1, -0.05) is 34.9 Å². The third kappa shape index (κ3) is 5.60. The second kappa shape index (κ2) is 7.41. The summed E-state index contributed by atoms with van der Waals surface area (Å²) in [6, 6.07) is 3.56. The Morgan fingerprint density at radius 3 is 2.57 bits per heavy atom. The number of rotatable bonds is 6. The van der Waals surface area contributed by atoms with Gasteiger partial charge in [-0.25, -0.2) is 0 Å². The number of benzene rings is 1. The highest BCUT2D eigenvalue weighted by molar-refractivity contribution is 7.93. The second-order valence-electron chi connectivity index (χ2n) is 4.21. The number of alkyl halides is 3. The molecule has 0 saturated carbocycles. The molecule has 0 aliphatic rings. The number of nitrogens with zero attached hydrogens (tertiary/aromatic N) is 1. The second-order valence-corrected chi connectivity index (χ2v) is 6.85. The number of hydrogen-bond donors (Lipinski definition) is 1. The van der Waals surface area contributed by atoms with E-state index in [0.717, 1.165) is 6.07 Å². The lowest BCUT2D eigenvalue weighted by atomic mass is 10.1. The molecule has 11 heteroatoms. The topological polar surface area (TPSA) is 67.8 Å². The molecule has 0 atom stereocenters. The zero-order chi connectivity index (χ0) is 17.8. The molecule has 0 heterocycles. The summed E-state index contributed by atoms with van der Waals surface area (Å²) in [5.41, 5.74) is -5.70. The largest absolute Gasteiger partial charge is 0.516 e. The van der Waals surface area contributed by atoms with Crippen LogP contribution in [-0.2, 0) is 14.9 Å². The van der Waals surface area contributed by atoms with Gasteiger partial charge in [-0.3, -0.25) is 4.72 Å². The van der Waals surface area contributed by atoms with Gasteiger partial charge in [0.05, 0.1) is 16.4 Å². The van der Waals surface area contributed by atoms with E-state index in [1.807, 2.05) is 0 Å². The van der Waals surface area contributed by atoms with E-state index in [1.165, 1.54) is 23.8 Å². The minimum Gasteiger partial charge on any atom is -0.390 e. The van der Waals surface area contributed by atoms with Crippen LogP contribution in [0.15, 0.2) is 35.0 Å². The van der Waals surface area contributed by atoms with E-state index in [0.29, 0.717) is 0 Å². The maximum atomic E-state index is 12.5. The van der Waals surface area contributed by atoms with Gasteiger partial charge in [0.1, 0.15) is 0 Å². The number of nitrogens with one attached hydrogen (secondary N) is 1. The van der Waals surface area contributed by atoms with Crippen molar-refractivity contribution in [2.45, 2.75) is 12.4 Å². The molecule has 1 aromatic carbocycles. The molecule has 0 unspecified atom stereocenters. The highest BCUT2D eigenvalue weighted by atomic mass is 35.5. The van der Waals surface area contributed by atoms with Gasteiger partial charge in [0.2, 0.25) is 0 Å². The van der Waals surface area contributed by atoms with Gasteiger partial charge in [0.25, 0.3) is 0 Å². The predicted molar refractivity (Wildman–Crippen MR) is 83.2 cm³/mol. The minimum atomic E-state index is -5.58. The molecule has 0 amide bonds. The lowest BCUT2D eigenvalue weighted by Crippen LogP contribution is -2.30. The molecule has 1 rings (SSSR count). The van der Waals surface area contributed by atoms with Crippen molar-refractivity contribution in [3.05, 3.63) is 40.4 Å². The molecule has 0 aliphatic carbocycles. The van der Waals surface area contributed by atoms with Gasteiger partial charge in [-0.05, 0) is 25.1 Å². The summed E-state index contributed by atoms with van der Waals surface area (Å²) in [6.45, 7) is 4.64. The van der Waals surface area contributed by atoms with Crippen LogP contribution in [0.1, 0.15) is 12.5 Å². The van der Waals surface area contributed by atoms with Crippen LogP contribution in [0.25, 0.3) is 0 Å². The summed E-state index contributed by atoms with van der Waals surface area (Å²) in [5.74, 6) is 0. The van der Waals surface area contributed by atoms with Crippen molar-refractivity contribution in [2.75, 3.05) is 11.3 Å². The van der Waals surface area contributed by atoms with Crippen LogP contribution >= 0.6 is 23.2 Å². The first-order valence-corrected chi connectivity index (χ1v) is 8.07. The molecule has 0 radical (unpaired) electrons. The van der Waals surface area contributed by atoms with E-state index in [2.05, 4.69) is 11.7 Å². The highest BCUT2D eigenvalue weighted by Crippen LogP contribution is 2.28. The van der Waals surface area contributed by atoms with Crippen LogP contribution in [0.2, 0.25) is 5.02 Å². The Kier molecular flexibility index (Phi) is 6.32. The van der Waals surface area contributed by atoms with Crippen LogP contribution in [0.4, 0.5) is 18.9 Å². The maximum absolute atomic E-state index is 12.5. The molecule has 1 N–H and O–H groups in total. The number of oxime groups is 1. The van der Waals surface area contributed by atoms with Gasteiger partial charge < -0.3 is 4.84 Å². The molecular weight excluding hydrogens is 380 g/mol. The molecular formula is C12H11Cl2F3N2O3S. The van der Waals surface area contributed by atoms with Crippen molar-refractivity contribution in [2.24, 2.45) is 5.16 Å². The Hall–Kier alpha value is -1.45. The fourth-order valence-corrected chi connectivity index (χ4v) is 2.16. The van der Waals surface area contributed by atoms with E-state index >= 15 is 0 Å². The smallest absolute Gasteiger partial charge is 0.390 e. The molecule has 1 aromatic rings. The van der Waals surface area contributed by atoms with E-state index in [-0.39, 0.29) is 33.6 Å². The lowest BCUT2D eigenvalue weighted by Gasteiger charge is -2.14. The standard InChI is InChI=1S/C12H11Cl2F3N2O3S/c1-7(13)6-22-18-8(2)10-5-9(14)3-4-11(10)19-23(20,21)12(15,16)17/h3-5,19H,1,6H2,2H3/b18-8+. The average Bonchev–Trinajstić information content (AvgIpc) is 2.38. The molecule has 0 fully saturated rings. The fourth-order valence-electron chi connectivity index (χ4n) is 1.36. The lowest BCUT2D eigenvalue weighted by molar-refractivity contribution is -0.0429. The van der Waals surface area contributed by atoms with Gasteiger partial charge in [-0.2, -0.15) is 21.6 Å². The molecule has 0 saturated heterocycles. The summed E-state index contributed by atoms with van der Waals surface area (Å²) in [7, 11) is -5.58. The summed E-state index contributed by atoms with van der Waals surface area (Å²) >= 11 is 11.3. The molecule has 0 spiro atoms. The first-order valence-electron chi connectivity index (χ1n) is 5.83. The molecule has 0 aromatic heterocycles. The first-order chi connectivity index (χ1) is 10.4. The van der Waals surface area contributed by atoms with Crippen molar-refractivity contribution < 1.29 is 26.4 Å². The van der Waals surface area contributed by atoms with Gasteiger partial charge in [0, 0.05) is 10.6 Å². The highest BCUT2D eigenvalue weighted by Gasteiger charge is 2.46. The van der Waals surface area contributed by atoms with Crippen molar-refractivity contribution in [3.63, 3.8) is 0 Å². The van der Waals surface area contributed by atoms with E-state index in [4.69, 9.17) is 28.0 Å². The Morgan fingerprint density at radius 1 is 1.43 bits per heavy atom. The van der Waals surface area contributed by atoms with Crippen molar-refractivity contribution in [1.29, 1.82) is 0 Å². The number of anilines is 1. The molecule has 0 aliphatic heterocycles. The van der Waals surface area contributed by atoms with Crippen LogP contribution in [0.3, 0.4) is 0 Å². The maximum Gasteiger partial charge on any atom is 0.516 e. The molecule has 5 nitrogen and oxygen atoms in total. The minimum absolute atomic E-state index is 0.0190. The fraction of sp³-hybridized carbons (Fsp3) is 0.250. The molecule has 23 heavy (non-hydrogen) atoms. The van der Waals surface area contributed by atoms with Crippen molar-refractivity contribution >= 4 is 44.6 Å². The number of halogens is 5. The zero-order valence-corrected chi connectivity index (χ0v) is 13.9. The normalized spacial score (nSPS) is 12.9. The Labute approximate surface area is 140 Å². The third-order valence-electron chi connectivity index (χ3n) is 2.34. The summed E-state index contributed by atoms with van der Waals surface area (Å²) in [6.07, 6.45) is 0. The SMILES string of the molecule is C=C(Cl)CO/N=C(\C)c1cc(Cl)ccc1NS(=O)(=O)C(F)(F)F.